The van der Waals surface area contributed by atoms with Gasteiger partial charge in [0.2, 0.25) is 0 Å². The van der Waals surface area contributed by atoms with E-state index in [9.17, 15) is 0 Å². The van der Waals surface area contributed by atoms with E-state index < -0.39 is 0 Å². The number of amidine groups is 1. The van der Waals surface area contributed by atoms with Crippen LogP contribution in [0, 0.1) is 5.92 Å². The van der Waals surface area contributed by atoms with Crippen molar-refractivity contribution in [1.82, 2.24) is 9.88 Å². The first kappa shape index (κ1) is 22.4. The Morgan fingerprint density at radius 2 is 2.12 bits per heavy atom. The number of nitrogens with zero attached hydrogens (tertiary/aromatic N) is 3. The van der Waals surface area contributed by atoms with Gasteiger partial charge in [-0.3, -0.25) is 4.98 Å². The van der Waals surface area contributed by atoms with Crippen molar-refractivity contribution in [2.45, 2.75) is 26.2 Å². The first-order valence-electron chi connectivity index (χ1n) is 11.0. The molecule has 2 N–H and O–H groups in total. The lowest BCUT2D eigenvalue weighted by Gasteiger charge is -2.17. The van der Waals surface area contributed by atoms with Crippen molar-refractivity contribution in [3.8, 4) is 5.75 Å². The van der Waals surface area contributed by atoms with Crippen molar-refractivity contribution in [2.24, 2.45) is 10.9 Å². The monoisotopic (exact) mass is 451 g/mol. The van der Waals surface area contributed by atoms with Crippen LogP contribution in [-0.4, -0.2) is 42.5 Å². The molecule has 4 bridgehead atoms. The van der Waals surface area contributed by atoms with Crippen molar-refractivity contribution in [2.75, 3.05) is 37.4 Å². The van der Waals surface area contributed by atoms with Crippen molar-refractivity contribution < 1.29 is 4.74 Å². The molecule has 2 aliphatic rings. The fourth-order valence-corrected chi connectivity index (χ4v) is 4.17. The Bertz CT molecular complexity index is 1050. The van der Waals surface area contributed by atoms with Crippen molar-refractivity contribution >= 4 is 28.8 Å². The molecule has 3 heterocycles. The highest BCUT2D eigenvalue weighted by atomic mass is 35.5. The van der Waals surface area contributed by atoms with Gasteiger partial charge in [0.05, 0.1) is 23.5 Å². The molecule has 1 aromatic carbocycles. The lowest BCUT2D eigenvalue weighted by Crippen LogP contribution is -2.18. The second-order valence-corrected chi connectivity index (χ2v) is 8.83. The number of allylic oxidation sites excluding steroid dienone is 1. The molecule has 0 amide bonds. The van der Waals surface area contributed by atoms with E-state index in [1.54, 1.807) is 12.3 Å². The lowest BCUT2D eigenvalue weighted by molar-refractivity contribution is 0.247. The number of fused-ring (bicyclic) bond motifs is 4. The second-order valence-electron chi connectivity index (χ2n) is 8.43. The Hall–Kier alpha value is -2.83. The molecule has 168 valence electrons. The van der Waals surface area contributed by atoms with Crippen LogP contribution in [0.1, 0.15) is 24.5 Å². The van der Waals surface area contributed by atoms with Gasteiger partial charge in [0.25, 0.3) is 0 Å². The summed E-state index contributed by atoms with van der Waals surface area (Å²) in [7, 11) is 2.17. The molecule has 1 atom stereocenters. The summed E-state index contributed by atoms with van der Waals surface area (Å²) in [5.74, 6) is 2.52. The number of aromatic nitrogens is 1. The largest absolute Gasteiger partial charge is 0.493 e. The number of pyridine rings is 1. The topological polar surface area (TPSA) is 61.8 Å². The fraction of sp³-hybridized carbons (Fsp3) is 0.360. The molecule has 2 aromatic rings. The predicted octanol–water partition coefficient (Wildman–Crippen LogP) is 5.05. The van der Waals surface area contributed by atoms with E-state index in [1.807, 2.05) is 25.3 Å². The number of hydrogen-bond donors (Lipinski definition) is 2. The number of anilines is 2. The zero-order valence-electron chi connectivity index (χ0n) is 18.7. The van der Waals surface area contributed by atoms with E-state index in [-0.39, 0.29) is 0 Å². The highest BCUT2D eigenvalue weighted by Crippen LogP contribution is 2.28. The number of likely N-dealkylation sites (tertiary alicyclic amines) is 1. The average Bonchev–Trinajstić information content (AvgIpc) is 3.20. The van der Waals surface area contributed by atoms with Crippen LogP contribution in [0.15, 0.2) is 65.2 Å². The third-order valence-corrected chi connectivity index (χ3v) is 6.18. The van der Waals surface area contributed by atoms with Gasteiger partial charge >= 0.3 is 0 Å². The minimum Gasteiger partial charge on any atom is -0.493 e. The maximum Gasteiger partial charge on any atom is 0.151 e. The molecule has 1 saturated heterocycles. The number of hydrogen-bond acceptors (Lipinski definition) is 6. The maximum absolute atomic E-state index is 6.44. The summed E-state index contributed by atoms with van der Waals surface area (Å²) >= 11 is 6.44. The quantitative estimate of drug-likeness (QED) is 0.681. The summed E-state index contributed by atoms with van der Waals surface area (Å²) in [6.07, 6.45) is 8.34. The smallest absolute Gasteiger partial charge is 0.151 e. The standard InChI is InChI=1S/C25H30ClN5O/c1-4-23(26)25-29-17(2)28-22-11-18(13-27-14-22)5-6-20-12-21(30-25)7-8-24(20)32-16-19-9-10-31(3)15-19/h4,7-8,11-14,19,28H,2,5-6,9-10,15-16H2,1,3H3,(H,29,30)/b23-4+. The number of aryl methyl sites for hydroxylation is 2. The Morgan fingerprint density at radius 1 is 1.25 bits per heavy atom. The first-order chi connectivity index (χ1) is 15.5. The fourth-order valence-electron chi connectivity index (χ4n) is 4.08. The van der Waals surface area contributed by atoms with Crippen LogP contribution in [0.2, 0.25) is 0 Å². The van der Waals surface area contributed by atoms with Crippen LogP contribution in [0.3, 0.4) is 0 Å². The summed E-state index contributed by atoms with van der Waals surface area (Å²) in [6, 6.07) is 8.25. The van der Waals surface area contributed by atoms with Crippen LogP contribution in [0.4, 0.5) is 11.4 Å². The van der Waals surface area contributed by atoms with Gasteiger partial charge in [0.1, 0.15) is 11.6 Å². The predicted molar refractivity (Wildman–Crippen MR) is 133 cm³/mol. The van der Waals surface area contributed by atoms with E-state index in [0.717, 1.165) is 60.8 Å². The molecular weight excluding hydrogens is 422 g/mol. The summed E-state index contributed by atoms with van der Waals surface area (Å²) in [5.41, 5.74) is 4.04. The summed E-state index contributed by atoms with van der Waals surface area (Å²) in [4.78, 5) is 11.3. The molecule has 2 aliphatic heterocycles. The van der Waals surface area contributed by atoms with Crippen LogP contribution >= 0.6 is 11.6 Å². The minimum atomic E-state index is 0.479. The molecule has 0 radical (unpaired) electrons. The van der Waals surface area contributed by atoms with E-state index >= 15 is 0 Å². The van der Waals surface area contributed by atoms with Crippen LogP contribution in [0.5, 0.6) is 5.75 Å². The zero-order valence-corrected chi connectivity index (χ0v) is 19.5. The van der Waals surface area contributed by atoms with Gasteiger partial charge in [-0.1, -0.05) is 24.3 Å². The van der Waals surface area contributed by atoms with Crippen LogP contribution in [-0.2, 0) is 12.8 Å². The van der Waals surface area contributed by atoms with E-state index in [0.29, 0.717) is 22.6 Å². The first-order valence-corrected chi connectivity index (χ1v) is 11.4. The van der Waals surface area contributed by atoms with Gasteiger partial charge in [0.15, 0.2) is 5.84 Å². The molecular formula is C25H30ClN5O. The highest BCUT2D eigenvalue weighted by Gasteiger charge is 2.20. The van der Waals surface area contributed by atoms with Crippen LogP contribution in [0.25, 0.3) is 0 Å². The molecule has 4 rings (SSSR count). The van der Waals surface area contributed by atoms with Crippen molar-refractivity contribution in [3.05, 3.63) is 71.3 Å². The number of ether oxygens (including phenoxy) is 1. The normalized spacial score (nSPS) is 21.3. The lowest BCUT2D eigenvalue weighted by atomic mass is 10.0. The van der Waals surface area contributed by atoms with Crippen molar-refractivity contribution in [1.29, 1.82) is 0 Å². The average molecular weight is 452 g/mol. The molecule has 1 aromatic heterocycles. The maximum atomic E-state index is 6.44. The Labute approximate surface area is 195 Å². The molecule has 6 nitrogen and oxygen atoms in total. The minimum absolute atomic E-state index is 0.479. The van der Waals surface area contributed by atoms with Gasteiger partial charge in [-0.15, -0.1) is 0 Å². The number of rotatable bonds is 4. The van der Waals surface area contributed by atoms with Gasteiger partial charge in [0, 0.05) is 24.3 Å². The second kappa shape index (κ2) is 10.2. The summed E-state index contributed by atoms with van der Waals surface area (Å²) in [5, 5.41) is 7.07. The van der Waals surface area contributed by atoms with Crippen molar-refractivity contribution in [3.63, 3.8) is 0 Å². The SMILES string of the molecule is C=C1/N=C(\C(Cl)=C/C)Nc2ccc(OCC3CCN(C)C3)c(c2)CCc2cncc(c2)N1. The summed E-state index contributed by atoms with van der Waals surface area (Å²) in [6.45, 7) is 8.86. The Balaban J connectivity index is 1.65. The van der Waals surface area contributed by atoms with Crippen LogP contribution < -0.4 is 15.4 Å². The molecule has 0 spiro atoms. The molecule has 1 fully saturated rings. The van der Waals surface area contributed by atoms with E-state index in [4.69, 9.17) is 16.3 Å². The highest BCUT2D eigenvalue weighted by molar-refractivity contribution is 6.45. The number of nitrogens with one attached hydrogen (secondary N) is 2. The third kappa shape index (κ3) is 5.69. The summed E-state index contributed by atoms with van der Waals surface area (Å²) < 4.78 is 6.30. The molecule has 7 heteroatoms. The Morgan fingerprint density at radius 3 is 2.91 bits per heavy atom. The molecule has 0 saturated carbocycles. The molecule has 32 heavy (non-hydrogen) atoms. The number of benzene rings is 1. The number of aliphatic imine (C=N–C) groups is 1. The third-order valence-electron chi connectivity index (χ3n) is 5.78. The molecule has 1 unspecified atom stereocenters. The zero-order chi connectivity index (χ0) is 22.5. The number of halogens is 1. The van der Waals surface area contributed by atoms with E-state index in [2.05, 4.69) is 51.3 Å². The van der Waals surface area contributed by atoms with Gasteiger partial charge in [-0.2, -0.15) is 0 Å². The Kier molecular flexibility index (Phi) is 7.12. The van der Waals surface area contributed by atoms with E-state index in [1.165, 1.54) is 6.42 Å². The van der Waals surface area contributed by atoms with Gasteiger partial charge < -0.3 is 20.3 Å². The van der Waals surface area contributed by atoms with Gasteiger partial charge in [-0.05, 0) is 75.2 Å². The molecule has 0 aliphatic carbocycles. The van der Waals surface area contributed by atoms with Gasteiger partial charge in [-0.25, -0.2) is 4.99 Å².